The van der Waals surface area contributed by atoms with Gasteiger partial charge in [0.2, 0.25) is 0 Å². The monoisotopic (exact) mass is 311 g/mol. The summed E-state index contributed by atoms with van der Waals surface area (Å²) < 4.78 is 1.09. The Morgan fingerprint density at radius 1 is 1.53 bits per heavy atom. The van der Waals surface area contributed by atoms with Crippen LogP contribution in [0.3, 0.4) is 0 Å². The van der Waals surface area contributed by atoms with Crippen LogP contribution in [0, 0.1) is 0 Å². The Morgan fingerprint density at radius 2 is 2.35 bits per heavy atom. The third kappa shape index (κ3) is 3.59. The molecule has 0 saturated heterocycles. The van der Waals surface area contributed by atoms with Gasteiger partial charge in [0.05, 0.1) is 10.6 Å². The Morgan fingerprint density at radius 3 is 3.00 bits per heavy atom. The quantitative estimate of drug-likeness (QED) is 0.943. The summed E-state index contributed by atoms with van der Waals surface area (Å²) in [5, 5.41) is 2.05. The highest BCUT2D eigenvalue weighted by atomic mass is 79.9. The fraction of sp³-hybridized carbons (Fsp3) is 0.333. The standard InChI is InChI=1S/C12H14BrN3S/c1-8(14)2-3-12-15-5-4-10(16-12)11-6-9(13)7-17-11/h4-8H,2-3,14H2,1H3. The molecule has 0 aliphatic carbocycles. The number of nitrogens with zero attached hydrogens (tertiary/aromatic N) is 2. The molecule has 0 aliphatic heterocycles. The molecule has 2 aromatic rings. The van der Waals surface area contributed by atoms with E-state index < -0.39 is 0 Å². The van der Waals surface area contributed by atoms with E-state index in [1.54, 1.807) is 11.3 Å². The van der Waals surface area contributed by atoms with Crippen molar-refractivity contribution in [2.24, 2.45) is 5.73 Å². The molecule has 1 unspecified atom stereocenters. The lowest BCUT2D eigenvalue weighted by Crippen LogP contribution is -2.16. The summed E-state index contributed by atoms with van der Waals surface area (Å²) in [7, 11) is 0. The summed E-state index contributed by atoms with van der Waals surface area (Å²) in [4.78, 5) is 9.98. The maximum absolute atomic E-state index is 5.73. The van der Waals surface area contributed by atoms with E-state index in [-0.39, 0.29) is 6.04 Å². The van der Waals surface area contributed by atoms with E-state index in [1.807, 2.05) is 19.2 Å². The van der Waals surface area contributed by atoms with Crippen molar-refractivity contribution in [3.05, 3.63) is 34.0 Å². The van der Waals surface area contributed by atoms with Crippen LogP contribution < -0.4 is 5.73 Å². The van der Waals surface area contributed by atoms with E-state index in [0.717, 1.165) is 33.7 Å². The largest absolute Gasteiger partial charge is 0.328 e. The zero-order valence-electron chi connectivity index (χ0n) is 9.56. The average molecular weight is 312 g/mol. The second kappa shape index (κ2) is 5.71. The number of hydrogen-bond acceptors (Lipinski definition) is 4. The van der Waals surface area contributed by atoms with Gasteiger partial charge in [-0.1, -0.05) is 0 Å². The van der Waals surface area contributed by atoms with Gasteiger partial charge in [0.25, 0.3) is 0 Å². The van der Waals surface area contributed by atoms with Crippen molar-refractivity contribution in [2.75, 3.05) is 0 Å². The molecule has 17 heavy (non-hydrogen) atoms. The number of nitrogens with two attached hydrogens (primary N) is 1. The van der Waals surface area contributed by atoms with Crippen molar-refractivity contribution in [1.29, 1.82) is 0 Å². The molecule has 0 aromatic carbocycles. The van der Waals surface area contributed by atoms with Crippen LogP contribution in [0.5, 0.6) is 0 Å². The van der Waals surface area contributed by atoms with Crippen LogP contribution in [0.1, 0.15) is 19.2 Å². The van der Waals surface area contributed by atoms with Crippen LogP contribution in [-0.2, 0) is 6.42 Å². The van der Waals surface area contributed by atoms with Gasteiger partial charge in [-0.2, -0.15) is 0 Å². The van der Waals surface area contributed by atoms with E-state index in [4.69, 9.17) is 5.73 Å². The lowest BCUT2D eigenvalue weighted by molar-refractivity contribution is 0.648. The molecular formula is C12H14BrN3S. The van der Waals surface area contributed by atoms with Gasteiger partial charge in [0.1, 0.15) is 5.82 Å². The molecule has 2 heterocycles. The van der Waals surface area contributed by atoms with E-state index in [1.165, 1.54) is 0 Å². The van der Waals surface area contributed by atoms with Crippen LogP contribution in [-0.4, -0.2) is 16.0 Å². The maximum Gasteiger partial charge on any atom is 0.129 e. The zero-order valence-corrected chi connectivity index (χ0v) is 12.0. The van der Waals surface area contributed by atoms with Crippen LogP contribution in [0.25, 0.3) is 10.6 Å². The second-order valence-corrected chi connectivity index (χ2v) is 5.83. The highest BCUT2D eigenvalue weighted by Crippen LogP contribution is 2.28. The molecule has 90 valence electrons. The molecule has 2 rings (SSSR count). The van der Waals surface area contributed by atoms with Gasteiger partial charge < -0.3 is 5.73 Å². The maximum atomic E-state index is 5.73. The van der Waals surface area contributed by atoms with Crippen molar-refractivity contribution in [1.82, 2.24) is 9.97 Å². The van der Waals surface area contributed by atoms with E-state index in [9.17, 15) is 0 Å². The van der Waals surface area contributed by atoms with Gasteiger partial charge in [-0.05, 0) is 41.4 Å². The third-order valence-electron chi connectivity index (χ3n) is 2.35. The Balaban J connectivity index is 2.16. The first-order chi connectivity index (χ1) is 8.15. The molecule has 0 bridgehead atoms. The van der Waals surface area contributed by atoms with Crippen LogP contribution in [0.2, 0.25) is 0 Å². The second-order valence-electron chi connectivity index (χ2n) is 4.00. The van der Waals surface area contributed by atoms with Gasteiger partial charge in [-0.25, -0.2) is 9.97 Å². The molecule has 0 amide bonds. The highest BCUT2D eigenvalue weighted by Gasteiger charge is 2.05. The highest BCUT2D eigenvalue weighted by molar-refractivity contribution is 9.10. The smallest absolute Gasteiger partial charge is 0.129 e. The predicted octanol–water partition coefficient (Wildman–Crippen LogP) is 3.25. The summed E-state index contributed by atoms with van der Waals surface area (Å²) in [5.74, 6) is 0.865. The van der Waals surface area contributed by atoms with Crippen LogP contribution >= 0.6 is 27.3 Å². The minimum absolute atomic E-state index is 0.193. The molecule has 1 atom stereocenters. The fourth-order valence-electron chi connectivity index (χ4n) is 1.46. The lowest BCUT2D eigenvalue weighted by Gasteiger charge is -2.04. The minimum Gasteiger partial charge on any atom is -0.328 e. The molecule has 2 N–H and O–H groups in total. The molecule has 0 spiro atoms. The van der Waals surface area contributed by atoms with Crippen molar-refractivity contribution in [3.8, 4) is 10.6 Å². The van der Waals surface area contributed by atoms with Crippen molar-refractivity contribution in [3.63, 3.8) is 0 Å². The molecule has 0 aliphatic rings. The molecule has 3 nitrogen and oxygen atoms in total. The zero-order chi connectivity index (χ0) is 12.3. The number of aryl methyl sites for hydroxylation is 1. The Kier molecular flexibility index (Phi) is 4.25. The lowest BCUT2D eigenvalue weighted by atomic mass is 10.2. The van der Waals surface area contributed by atoms with Gasteiger partial charge in [0.15, 0.2) is 0 Å². The topological polar surface area (TPSA) is 51.8 Å². The summed E-state index contributed by atoms with van der Waals surface area (Å²) >= 11 is 5.12. The number of aromatic nitrogens is 2. The Labute approximate surface area is 113 Å². The number of hydrogen-bond donors (Lipinski definition) is 1. The first-order valence-electron chi connectivity index (χ1n) is 5.47. The third-order valence-corrected chi connectivity index (χ3v) is 4.06. The molecule has 5 heteroatoms. The summed E-state index contributed by atoms with van der Waals surface area (Å²) in [5.41, 5.74) is 6.71. The molecule has 0 saturated carbocycles. The van der Waals surface area contributed by atoms with E-state index in [0.29, 0.717) is 0 Å². The van der Waals surface area contributed by atoms with Gasteiger partial charge in [-0.15, -0.1) is 11.3 Å². The van der Waals surface area contributed by atoms with Crippen LogP contribution in [0.4, 0.5) is 0 Å². The van der Waals surface area contributed by atoms with Gasteiger partial charge in [-0.3, -0.25) is 0 Å². The van der Waals surface area contributed by atoms with Crippen molar-refractivity contribution >= 4 is 27.3 Å². The first kappa shape index (κ1) is 12.7. The van der Waals surface area contributed by atoms with Crippen LogP contribution in [0.15, 0.2) is 28.2 Å². The van der Waals surface area contributed by atoms with E-state index in [2.05, 4.69) is 37.3 Å². The normalized spacial score (nSPS) is 12.6. The summed E-state index contributed by atoms with van der Waals surface area (Å²) in [6, 6.07) is 4.20. The van der Waals surface area contributed by atoms with Crippen molar-refractivity contribution < 1.29 is 0 Å². The van der Waals surface area contributed by atoms with Gasteiger partial charge >= 0.3 is 0 Å². The van der Waals surface area contributed by atoms with E-state index >= 15 is 0 Å². The minimum atomic E-state index is 0.193. The molecular weight excluding hydrogens is 298 g/mol. The predicted molar refractivity (Wildman–Crippen MR) is 75.0 cm³/mol. The first-order valence-corrected chi connectivity index (χ1v) is 7.14. The Hall–Kier alpha value is -0.780. The molecule has 2 aromatic heterocycles. The molecule has 0 fully saturated rings. The summed E-state index contributed by atoms with van der Waals surface area (Å²) in [6.45, 7) is 2.00. The number of thiophene rings is 1. The summed E-state index contributed by atoms with van der Waals surface area (Å²) in [6.07, 6.45) is 3.56. The molecule has 0 radical (unpaired) electrons. The Bertz CT molecular complexity index is 496. The number of rotatable bonds is 4. The SMILES string of the molecule is CC(N)CCc1nccc(-c2cc(Br)cs2)n1. The van der Waals surface area contributed by atoms with Crippen molar-refractivity contribution in [2.45, 2.75) is 25.8 Å². The van der Waals surface area contributed by atoms with Gasteiger partial charge in [0, 0.05) is 28.5 Å². The number of halogens is 1. The average Bonchev–Trinajstić information content (AvgIpc) is 2.74. The fourth-order valence-corrected chi connectivity index (χ4v) is 2.86.